The summed E-state index contributed by atoms with van der Waals surface area (Å²) >= 11 is 0. The van der Waals surface area contributed by atoms with Crippen LogP contribution in [0.5, 0.6) is 11.5 Å². The molecule has 0 radical (unpaired) electrons. The van der Waals surface area contributed by atoms with Crippen molar-refractivity contribution < 1.29 is 19.4 Å². The number of hydrogen-bond donors (Lipinski definition) is 2. The van der Waals surface area contributed by atoms with Gasteiger partial charge in [0.15, 0.2) is 0 Å². The number of hydrogen-bond acceptors (Lipinski definition) is 4. The van der Waals surface area contributed by atoms with Crippen molar-refractivity contribution in [3.63, 3.8) is 0 Å². The summed E-state index contributed by atoms with van der Waals surface area (Å²) in [5.41, 5.74) is 0.182. The standard InChI is InChI=1S/C14H19NO4/c1-18-12-6-2-5-11(16)13(12)14(17)15-8-10-4-3-7-19-9-10/h2,5-6,10,16H,3-4,7-9H2,1H3,(H,15,17). The number of rotatable bonds is 4. The minimum Gasteiger partial charge on any atom is -0.507 e. The van der Waals surface area contributed by atoms with Gasteiger partial charge in [-0.15, -0.1) is 0 Å². The molecule has 1 saturated heterocycles. The smallest absolute Gasteiger partial charge is 0.258 e. The molecule has 104 valence electrons. The van der Waals surface area contributed by atoms with Crippen molar-refractivity contribution >= 4 is 5.91 Å². The highest BCUT2D eigenvalue weighted by atomic mass is 16.5. The highest BCUT2D eigenvalue weighted by molar-refractivity contribution is 5.99. The Bertz CT molecular complexity index is 441. The zero-order valence-corrected chi connectivity index (χ0v) is 11.0. The van der Waals surface area contributed by atoms with Gasteiger partial charge in [-0.2, -0.15) is 0 Å². The van der Waals surface area contributed by atoms with Gasteiger partial charge in [-0.1, -0.05) is 6.07 Å². The number of ether oxygens (including phenoxy) is 2. The van der Waals surface area contributed by atoms with Gasteiger partial charge in [-0.05, 0) is 30.9 Å². The minimum absolute atomic E-state index is 0.0725. The summed E-state index contributed by atoms with van der Waals surface area (Å²) in [5, 5.41) is 12.6. The number of carbonyl (C=O) groups excluding carboxylic acids is 1. The second-order valence-electron chi connectivity index (χ2n) is 4.65. The average Bonchev–Trinajstić information content (AvgIpc) is 2.45. The van der Waals surface area contributed by atoms with Crippen LogP contribution in [0.3, 0.4) is 0 Å². The highest BCUT2D eigenvalue weighted by Gasteiger charge is 2.19. The van der Waals surface area contributed by atoms with Crippen molar-refractivity contribution in [2.45, 2.75) is 12.8 Å². The number of phenols is 1. The molecule has 5 nitrogen and oxygen atoms in total. The van der Waals surface area contributed by atoms with Gasteiger partial charge in [0.25, 0.3) is 5.91 Å². The quantitative estimate of drug-likeness (QED) is 0.867. The summed E-state index contributed by atoms with van der Waals surface area (Å²) in [4.78, 5) is 12.1. The summed E-state index contributed by atoms with van der Waals surface area (Å²) in [5.74, 6) is 0.323. The number of methoxy groups -OCH3 is 1. The van der Waals surface area contributed by atoms with Gasteiger partial charge in [0.05, 0.1) is 13.7 Å². The van der Waals surface area contributed by atoms with E-state index in [0.717, 1.165) is 19.4 Å². The van der Waals surface area contributed by atoms with E-state index in [1.54, 1.807) is 12.1 Å². The van der Waals surface area contributed by atoms with Gasteiger partial charge in [0.1, 0.15) is 17.1 Å². The molecule has 0 saturated carbocycles. The molecule has 1 aliphatic heterocycles. The van der Waals surface area contributed by atoms with Gasteiger partial charge in [-0.25, -0.2) is 0 Å². The molecule has 1 aliphatic rings. The molecule has 1 aromatic carbocycles. The Kier molecular flexibility index (Phi) is 4.63. The van der Waals surface area contributed by atoms with E-state index in [1.807, 2.05) is 0 Å². The van der Waals surface area contributed by atoms with Crippen molar-refractivity contribution in [1.29, 1.82) is 0 Å². The van der Waals surface area contributed by atoms with Crippen LogP contribution in [0.1, 0.15) is 23.2 Å². The van der Waals surface area contributed by atoms with E-state index in [1.165, 1.54) is 13.2 Å². The monoisotopic (exact) mass is 265 g/mol. The molecule has 19 heavy (non-hydrogen) atoms. The lowest BCUT2D eigenvalue weighted by Crippen LogP contribution is -2.33. The number of phenolic OH excluding ortho intramolecular Hbond substituents is 1. The minimum atomic E-state index is -0.319. The highest BCUT2D eigenvalue weighted by Crippen LogP contribution is 2.27. The zero-order chi connectivity index (χ0) is 13.7. The second kappa shape index (κ2) is 6.43. The largest absolute Gasteiger partial charge is 0.507 e. The molecule has 1 aromatic rings. The van der Waals surface area contributed by atoms with Crippen LogP contribution in [0.15, 0.2) is 18.2 Å². The first-order valence-corrected chi connectivity index (χ1v) is 6.44. The molecule has 2 rings (SSSR count). The second-order valence-corrected chi connectivity index (χ2v) is 4.65. The third kappa shape index (κ3) is 3.38. The summed E-state index contributed by atoms with van der Waals surface area (Å²) in [6.45, 7) is 2.03. The van der Waals surface area contributed by atoms with Gasteiger partial charge in [0, 0.05) is 13.2 Å². The third-order valence-corrected chi connectivity index (χ3v) is 3.26. The molecule has 1 fully saturated rings. The molecule has 5 heteroatoms. The average molecular weight is 265 g/mol. The molecule has 1 atom stereocenters. The number of nitrogens with one attached hydrogen (secondary N) is 1. The summed E-state index contributed by atoms with van der Waals surface area (Å²) in [6, 6.07) is 4.76. The van der Waals surface area contributed by atoms with Crippen LogP contribution in [0.2, 0.25) is 0 Å². The molecule has 0 aromatic heterocycles. The molecule has 1 unspecified atom stereocenters. The first-order chi connectivity index (χ1) is 9.22. The fourth-order valence-corrected chi connectivity index (χ4v) is 2.21. The van der Waals surface area contributed by atoms with E-state index in [2.05, 4.69) is 5.32 Å². The van der Waals surface area contributed by atoms with Gasteiger partial charge < -0.3 is 19.9 Å². The van der Waals surface area contributed by atoms with Gasteiger partial charge >= 0.3 is 0 Å². The maximum atomic E-state index is 12.1. The molecule has 0 aliphatic carbocycles. The van der Waals surface area contributed by atoms with Crippen LogP contribution >= 0.6 is 0 Å². The Morgan fingerprint density at radius 2 is 2.42 bits per heavy atom. The summed E-state index contributed by atoms with van der Waals surface area (Å²) < 4.78 is 10.5. The number of aromatic hydroxyl groups is 1. The topological polar surface area (TPSA) is 67.8 Å². The summed E-state index contributed by atoms with van der Waals surface area (Å²) in [6.07, 6.45) is 2.08. The molecule has 2 N–H and O–H groups in total. The maximum absolute atomic E-state index is 12.1. The van der Waals surface area contributed by atoms with E-state index in [4.69, 9.17) is 9.47 Å². The Morgan fingerprint density at radius 3 is 3.11 bits per heavy atom. The third-order valence-electron chi connectivity index (χ3n) is 3.26. The number of carbonyl (C=O) groups is 1. The van der Waals surface area contributed by atoms with Gasteiger partial charge in [-0.3, -0.25) is 4.79 Å². The first-order valence-electron chi connectivity index (χ1n) is 6.44. The Labute approximate surface area is 112 Å². The SMILES string of the molecule is COc1cccc(O)c1C(=O)NCC1CCCOC1. The van der Waals surface area contributed by atoms with E-state index < -0.39 is 0 Å². The van der Waals surface area contributed by atoms with Crippen LogP contribution < -0.4 is 10.1 Å². The Balaban J connectivity index is 1.99. The van der Waals surface area contributed by atoms with E-state index in [9.17, 15) is 9.90 Å². The van der Waals surface area contributed by atoms with E-state index >= 15 is 0 Å². The Morgan fingerprint density at radius 1 is 1.58 bits per heavy atom. The van der Waals surface area contributed by atoms with E-state index in [-0.39, 0.29) is 17.2 Å². The molecular formula is C14H19NO4. The fraction of sp³-hybridized carbons (Fsp3) is 0.500. The zero-order valence-electron chi connectivity index (χ0n) is 11.0. The maximum Gasteiger partial charge on any atom is 0.258 e. The summed E-state index contributed by atoms with van der Waals surface area (Å²) in [7, 11) is 1.47. The van der Waals surface area contributed by atoms with Crippen LogP contribution in [-0.4, -0.2) is 37.9 Å². The van der Waals surface area contributed by atoms with Crippen LogP contribution in [0, 0.1) is 5.92 Å². The van der Waals surface area contributed by atoms with Crippen LogP contribution in [0.4, 0.5) is 0 Å². The number of benzene rings is 1. The molecular weight excluding hydrogens is 246 g/mol. The predicted octanol–water partition coefficient (Wildman–Crippen LogP) is 1.56. The lowest BCUT2D eigenvalue weighted by Gasteiger charge is -2.22. The predicted molar refractivity (Wildman–Crippen MR) is 70.5 cm³/mol. The lowest BCUT2D eigenvalue weighted by atomic mass is 10.0. The number of amides is 1. The Hall–Kier alpha value is -1.75. The van der Waals surface area contributed by atoms with Crippen molar-refractivity contribution in [3.05, 3.63) is 23.8 Å². The molecule has 1 heterocycles. The van der Waals surface area contributed by atoms with Gasteiger partial charge in [0.2, 0.25) is 0 Å². The van der Waals surface area contributed by atoms with Crippen molar-refractivity contribution in [2.75, 3.05) is 26.9 Å². The van der Waals surface area contributed by atoms with Crippen LogP contribution in [-0.2, 0) is 4.74 Å². The van der Waals surface area contributed by atoms with Crippen molar-refractivity contribution in [2.24, 2.45) is 5.92 Å². The van der Waals surface area contributed by atoms with Crippen molar-refractivity contribution in [1.82, 2.24) is 5.32 Å². The fourth-order valence-electron chi connectivity index (χ4n) is 2.21. The molecule has 1 amide bonds. The first kappa shape index (κ1) is 13.7. The molecule has 0 bridgehead atoms. The van der Waals surface area contributed by atoms with E-state index in [0.29, 0.717) is 24.8 Å². The normalized spacial score (nSPS) is 18.9. The van der Waals surface area contributed by atoms with Crippen LogP contribution in [0.25, 0.3) is 0 Å². The molecule has 0 spiro atoms. The lowest BCUT2D eigenvalue weighted by molar-refractivity contribution is 0.0536. The van der Waals surface area contributed by atoms with Crippen molar-refractivity contribution in [3.8, 4) is 11.5 Å².